The largest absolute Gasteiger partial charge is 0.480 e. The molecule has 7 nitrogen and oxygen atoms in total. The molecular formula is C24H28N4O3. The number of carboxylic acid groups (broad SMARTS) is 1. The van der Waals surface area contributed by atoms with Gasteiger partial charge < -0.3 is 15.0 Å². The van der Waals surface area contributed by atoms with Crippen molar-refractivity contribution < 1.29 is 14.7 Å². The fraction of sp³-hybridized carbons (Fsp3) is 0.417. The lowest BCUT2D eigenvalue weighted by Gasteiger charge is -2.25. The van der Waals surface area contributed by atoms with Crippen LogP contribution in [0.2, 0.25) is 0 Å². The van der Waals surface area contributed by atoms with Crippen LogP contribution in [0.15, 0.2) is 42.6 Å². The van der Waals surface area contributed by atoms with Crippen molar-refractivity contribution in [2.24, 2.45) is 5.92 Å². The van der Waals surface area contributed by atoms with Crippen LogP contribution in [0.25, 0.3) is 22.6 Å². The molecule has 1 atom stereocenters. The number of benzene rings is 1. The van der Waals surface area contributed by atoms with Gasteiger partial charge in [0.25, 0.3) is 5.91 Å². The molecule has 4 rings (SSSR count). The van der Waals surface area contributed by atoms with Gasteiger partial charge in [0.15, 0.2) is 5.82 Å². The first-order chi connectivity index (χ1) is 15.0. The van der Waals surface area contributed by atoms with Crippen molar-refractivity contribution in [1.29, 1.82) is 0 Å². The highest BCUT2D eigenvalue weighted by atomic mass is 16.4. The summed E-state index contributed by atoms with van der Waals surface area (Å²) in [6.07, 6.45) is 7.60. The number of imidazole rings is 1. The minimum absolute atomic E-state index is 0.216. The fourth-order valence-electron chi connectivity index (χ4n) is 4.36. The Labute approximate surface area is 181 Å². The molecule has 0 bridgehead atoms. The van der Waals surface area contributed by atoms with Crippen LogP contribution >= 0.6 is 0 Å². The Balaban J connectivity index is 1.74. The molecule has 1 fully saturated rings. The molecule has 1 amide bonds. The molecule has 2 N–H and O–H groups in total. The SMILES string of the molecule is CC(C)[C@H](NC(=O)c1ccc2c(c1)nc(-c1ccccn1)n2C1CCCCC1)C(=O)O. The number of aromatic nitrogens is 3. The topological polar surface area (TPSA) is 97.1 Å². The number of pyridine rings is 1. The van der Waals surface area contributed by atoms with Gasteiger partial charge in [0.1, 0.15) is 11.7 Å². The molecule has 162 valence electrons. The highest BCUT2D eigenvalue weighted by Gasteiger charge is 2.26. The van der Waals surface area contributed by atoms with E-state index in [-0.39, 0.29) is 5.92 Å². The van der Waals surface area contributed by atoms with E-state index < -0.39 is 17.9 Å². The van der Waals surface area contributed by atoms with E-state index in [0.29, 0.717) is 11.6 Å². The maximum atomic E-state index is 12.7. The summed E-state index contributed by atoms with van der Waals surface area (Å²) in [7, 11) is 0. The normalized spacial score (nSPS) is 15.8. The van der Waals surface area contributed by atoms with Gasteiger partial charge in [-0.25, -0.2) is 9.78 Å². The number of rotatable bonds is 6. The van der Waals surface area contributed by atoms with Crippen LogP contribution in [0.3, 0.4) is 0 Å². The van der Waals surface area contributed by atoms with Gasteiger partial charge in [0.2, 0.25) is 0 Å². The first-order valence-corrected chi connectivity index (χ1v) is 10.9. The van der Waals surface area contributed by atoms with E-state index in [1.54, 1.807) is 32.2 Å². The van der Waals surface area contributed by atoms with Crippen molar-refractivity contribution in [3.8, 4) is 11.5 Å². The van der Waals surface area contributed by atoms with Crippen LogP contribution in [-0.2, 0) is 4.79 Å². The van der Waals surface area contributed by atoms with Crippen molar-refractivity contribution in [1.82, 2.24) is 19.9 Å². The summed E-state index contributed by atoms with van der Waals surface area (Å²) in [5.41, 5.74) is 2.90. The van der Waals surface area contributed by atoms with Gasteiger partial charge in [-0.15, -0.1) is 0 Å². The van der Waals surface area contributed by atoms with E-state index in [1.807, 2.05) is 24.3 Å². The van der Waals surface area contributed by atoms with Gasteiger partial charge in [0.05, 0.1) is 11.0 Å². The molecule has 1 aromatic carbocycles. The van der Waals surface area contributed by atoms with Crippen LogP contribution in [0.1, 0.15) is 62.4 Å². The van der Waals surface area contributed by atoms with Crippen LogP contribution in [-0.4, -0.2) is 37.6 Å². The van der Waals surface area contributed by atoms with Crippen LogP contribution in [0.4, 0.5) is 0 Å². The van der Waals surface area contributed by atoms with Crippen molar-refractivity contribution in [2.75, 3.05) is 0 Å². The monoisotopic (exact) mass is 420 g/mol. The summed E-state index contributed by atoms with van der Waals surface area (Å²) in [6.45, 7) is 3.54. The molecule has 1 aliphatic rings. The number of amides is 1. The number of nitrogens with one attached hydrogen (secondary N) is 1. The third-order valence-corrected chi connectivity index (χ3v) is 6.00. The Hall–Kier alpha value is -3.22. The summed E-state index contributed by atoms with van der Waals surface area (Å²) >= 11 is 0. The second-order valence-corrected chi connectivity index (χ2v) is 8.55. The smallest absolute Gasteiger partial charge is 0.326 e. The summed E-state index contributed by atoms with van der Waals surface area (Å²) in [5, 5.41) is 12.0. The predicted octanol–water partition coefficient (Wildman–Crippen LogP) is 4.44. The molecule has 1 saturated carbocycles. The van der Waals surface area contributed by atoms with Gasteiger partial charge in [-0.2, -0.15) is 0 Å². The Morgan fingerprint density at radius 1 is 1.13 bits per heavy atom. The maximum absolute atomic E-state index is 12.7. The molecule has 7 heteroatoms. The predicted molar refractivity (Wildman–Crippen MR) is 119 cm³/mol. The lowest BCUT2D eigenvalue weighted by molar-refractivity contribution is -0.140. The lowest BCUT2D eigenvalue weighted by atomic mass is 9.95. The Morgan fingerprint density at radius 2 is 1.90 bits per heavy atom. The van der Waals surface area contributed by atoms with Gasteiger partial charge in [0, 0.05) is 17.8 Å². The number of aliphatic carboxylic acids is 1. The van der Waals surface area contributed by atoms with E-state index in [1.165, 1.54) is 19.3 Å². The summed E-state index contributed by atoms with van der Waals surface area (Å²) in [4.78, 5) is 33.6. The van der Waals surface area contributed by atoms with E-state index >= 15 is 0 Å². The van der Waals surface area contributed by atoms with Crippen LogP contribution in [0.5, 0.6) is 0 Å². The first-order valence-electron chi connectivity index (χ1n) is 10.9. The van der Waals surface area contributed by atoms with Crippen molar-refractivity contribution in [3.05, 3.63) is 48.2 Å². The number of carbonyl (C=O) groups excluding carboxylic acids is 1. The lowest BCUT2D eigenvalue weighted by Crippen LogP contribution is -2.44. The molecule has 0 spiro atoms. The average Bonchev–Trinajstić information content (AvgIpc) is 3.16. The average molecular weight is 421 g/mol. The first kappa shape index (κ1) is 21.0. The van der Waals surface area contributed by atoms with Gasteiger partial charge >= 0.3 is 5.97 Å². The van der Waals surface area contributed by atoms with Gasteiger partial charge in [-0.1, -0.05) is 39.2 Å². The molecule has 1 aliphatic carbocycles. The quantitative estimate of drug-likeness (QED) is 0.614. The molecule has 31 heavy (non-hydrogen) atoms. The molecule has 2 heterocycles. The van der Waals surface area contributed by atoms with Crippen molar-refractivity contribution >= 4 is 22.9 Å². The Bertz CT molecular complexity index is 1080. The number of fused-ring (bicyclic) bond motifs is 1. The van der Waals surface area contributed by atoms with Crippen LogP contribution < -0.4 is 5.32 Å². The molecule has 3 aromatic rings. The number of carboxylic acids is 1. The minimum Gasteiger partial charge on any atom is -0.480 e. The highest BCUT2D eigenvalue weighted by Crippen LogP contribution is 2.35. The number of hydrogen-bond donors (Lipinski definition) is 2. The third kappa shape index (κ3) is 4.31. The molecule has 0 unspecified atom stereocenters. The van der Waals surface area contributed by atoms with E-state index in [0.717, 1.165) is 35.4 Å². The van der Waals surface area contributed by atoms with E-state index in [2.05, 4.69) is 14.9 Å². The zero-order valence-corrected chi connectivity index (χ0v) is 17.9. The van der Waals surface area contributed by atoms with Crippen molar-refractivity contribution in [3.63, 3.8) is 0 Å². The summed E-state index contributed by atoms with van der Waals surface area (Å²) < 4.78 is 2.27. The van der Waals surface area contributed by atoms with Gasteiger partial charge in [-0.3, -0.25) is 9.78 Å². The Morgan fingerprint density at radius 3 is 2.55 bits per heavy atom. The summed E-state index contributed by atoms with van der Waals surface area (Å²) in [6, 6.07) is 10.6. The maximum Gasteiger partial charge on any atom is 0.326 e. The second-order valence-electron chi connectivity index (χ2n) is 8.55. The summed E-state index contributed by atoms with van der Waals surface area (Å²) in [5.74, 6) is -0.852. The molecule has 0 radical (unpaired) electrons. The number of carbonyl (C=O) groups is 2. The fourth-order valence-corrected chi connectivity index (χ4v) is 4.36. The zero-order chi connectivity index (χ0) is 22.0. The number of hydrogen-bond acceptors (Lipinski definition) is 4. The molecule has 0 aliphatic heterocycles. The van der Waals surface area contributed by atoms with Gasteiger partial charge in [-0.05, 0) is 49.1 Å². The number of nitrogens with zero attached hydrogens (tertiary/aromatic N) is 3. The molecular weight excluding hydrogens is 392 g/mol. The Kier molecular flexibility index (Phi) is 6.02. The zero-order valence-electron chi connectivity index (χ0n) is 17.9. The van der Waals surface area contributed by atoms with Crippen LogP contribution in [0, 0.1) is 5.92 Å². The van der Waals surface area contributed by atoms with E-state index in [4.69, 9.17) is 4.98 Å². The molecule has 2 aromatic heterocycles. The standard InChI is InChI=1S/C24H28N4O3/c1-15(2)21(24(30)31)27-23(29)16-11-12-20-19(14-16)26-22(18-10-6-7-13-25-18)28(20)17-8-4-3-5-9-17/h6-7,10-15,17,21H,3-5,8-9H2,1-2H3,(H,27,29)(H,30,31)/t21-/m0/s1. The van der Waals surface area contributed by atoms with E-state index in [9.17, 15) is 14.7 Å². The highest BCUT2D eigenvalue weighted by molar-refractivity contribution is 5.99. The minimum atomic E-state index is -1.04. The molecule has 0 saturated heterocycles. The second kappa shape index (κ2) is 8.88. The van der Waals surface area contributed by atoms with Crippen molar-refractivity contribution in [2.45, 2.75) is 58.0 Å². The third-order valence-electron chi connectivity index (χ3n) is 6.00.